The van der Waals surface area contributed by atoms with Crippen LogP contribution in [0.3, 0.4) is 0 Å². The first-order valence-electron chi connectivity index (χ1n) is 10.0. The van der Waals surface area contributed by atoms with Crippen LogP contribution in [-0.4, -0.2) is 51.9 Å². The van der Waals surface area contributed by atoms with E-state index in [1.165, 1.54) is 0 Å². The number of nitrogens with two attached hydrogens (primary N) is 2. The molecule has 0 radical (unpaired) electrons. The van der Waals surface area contributed by atoms with Crippen molar-refractivity contribution in [2.45, 2.75) is 51.2 Å². The van der Waals surface area contributed by atoms with Crippen LogP contribution in [0, 0.1) is 5.92 Å². The summed E-state index contributed by atoms with van der Waals surface area (Å²) in [6, 6.07) is 4.27. The predicted molar refractivity (Wildman–Crippen MR) is 115 cm³/mol. The van der Waals surface area contributed by atoms with E-state index in [0.717, 1.165) is 16.5 Å². The molecule has 0 saturated heterocycles. The van der Waals surface area contributed by atoms with E-state index in [4.69, 9.17) is 11.5 Å². The highest BCUT2D eigenvalue weighted by Crippen LogP contribution is 2.19. The smallest absolute Gasteiger partial charge is 0.326 e. The molecule has 10 heteroatoms. The lowest BCUT2D eigenvalue weighted by atomic mass is 10.0. The summed E-state index contributed by atoms with van der Waals surface area (Å²) in [4.78, 5) is 51.1. The Morgan fingerprint density at radius 2 is 1.71 bits per heavy atom. The van der Waals surface area contributed by atoms with Gasteiger partial charge >= 0.3 is 5.97 Å². The first-order valence-corrected chi connectivity index (χ1v) is 10.0. The summed E-state index contributed by atoms with van der Waals surface area (Å²) in [7, 11) is 0. The van der Waals surface area contributed by atoms with E-state index in [-0.39, 0.29) is 25.2 Å². The van der Waals surface area contributed by atoms with Gasteiger partial charge in [-0.3, -0.25) is 14.4 Å². The van der Waals surface area contributed by atoms with Gasteiger partial charge in [0.25, 0.3) is 0 Å². The van der Waals surface area contributed by atoms with E-state index < -0.39 is 41.8 Å². The van der Waals surface area contributed by atoms with Gasteiger partial charge in [0, 0.05) is 29.9 Å². The van der Waals surface area contributed by atoms with Crippen LogP contribution in [0.25, 0.3) is 10.9 Å². The number of carboxylic acid groups (broad SMARTS) is 1. The Labute approximate surface area is 179 Å². The number of hydrogen-bond acceptors (Lipinski definition) is 5. The fraction of sp³-hybridized carbons (Fsp3) is 0.429. The van der Waals surface area contributed by atoms with Gasteiger partial charge in [-0.2, -0.15) is 0 Å². The van der Waals surface area contributed by atoms with E-state index in [1.807, 2.05) is 24.3 Å². The van der Waals surface area contributed by atoms with Gasteiger partial charge in [-0.15, -0.1) is 0 Å². The van der Waals surface area contributed by atoms with Gasteiger partial charge in [-0.1, -0.05) is 32.0 Å². The molecule has 31 heavy (non-hydrogen) atoms. The molecule has 168 valence electrons. The summed E-state index contributed by atoms with van der Waals surface area (Å²) in [6.45, 7) is 3.56. The first-order chi connectivity index (χ1) is 14.6. The lowest BCUT2D eigenvalue weighted by molar-refractivity contribution is -0.142. The maximum absolute atomic E-state index is 12.9. The number of aromatic nitrogens is 1. The number of carbonyl (C=O) groups excluding carboxylic acids is 3. The number of H-pyrrole nitrogens is 1. The minimum atomic E-state index is -1.32. The van der Waals surface area contributed by atoms with Crippen LogP contribution in [-0.2, 0) is 25.6 Å². The Bertz CT molecular complexity index is 955. The van der Waals surface area contributed by atoms with E-state index >= 15 is 0 Å². The fourth-order valence-electron chi connectivity index (χ4n) is 3.12. The van der Waals surface area contributed by atoms with E-state index in [0.29, 0.717) is 0 Å². The molecule has 2 aromatic rings. The highest BCUT2D eigenvalue weighted by Gasteiger charge is 2.29. The highest BCUT2D eigenvalue weighted by atomic mass is 16.4. The Morgan fingerprint density at radius 1 is 1.06 bits per heavy atom. The van der Waals surface area contributed by atoms with Crippen LogP contribution < -0.4 is 22.1 Å². The van der Waals surface area contributed by atoms with Crippen LogP contribution in [0.1, 0.15) is 32.3 Å². The molecule has 0 spiro atoms. The third kappa shape index (κ3) is 6.54. The summed E-state index contributed by atoms with van der Waals surface area (Å²) in [5, 5.41) is 15.3. The third-order valence-corrected chi connectivity index (χ3v) is 5.05. The molecule has 3 atom stereocenters. The van der Waals surface area contributed by atoms with Crippen LogP contribution in [0.4, 0.5) is 0 Å². The molecule has 1 aromatic carbocycles. The number of nitrogens with one attached hydrogen (secondary N) is 3. The topological polar surface area (TPSA) is 180 Å². The lowest BCUT2D eigenvalue weighted by Gasteiger charge is -2.24. The van der Waals surface area contributed by atoms with Gasteiger partial charge in [0.1, 0.15) is 12.1 Å². The summed E-state index contributed by atoms with van der Waals surface area (Å²) >= 11 is 0. The van der Waals surface area contributed by atoms with Gasteiger partial charge in [0.15, 0.2) is 0 Å². The summed E-state index contributed by atoms with van der Waals surface area (Å²) in [5.74, 6) is -3.33. The molecule has 10 nitrogen and oxygen atoms in total. The van der Waals surface area contributed by atoms with Gasteiger partial charge in [0.2, 0.25) is 17.7 Å². The Hall–Kier alpha value is -3.40. The number of benzene rings is 1. The van der Waals surface area contributed by atoms with Crippen molar-refractivity contribution in [3.63, 3.8) is 0 Å². The standard InChI is InChI=1S/C21H29N5O5/c1-11(2)18(23)20(29)26-16(9-12-10-24-14-6-4-3-5-13(12)14)19(28)25-15(21(30)31)7-8-17(22)27/h3-6,10-11,15-16,18,24H,7-9,23H2,1-2H3,(H2,22,27)(H,25,28)(H,26,29)(H,30,31). The molecule has 0 saturated carbocycles. The number of para-hydroxylation sites is 1. The van der Waals surface area contributed by atoms with E-state index in [1.54, 1.807) is 20.0 Å². The summed E-state index contributed by atoms with van der Waals surface area (Å²) in [6.07, 6.45) is 1.50. The normalized spacial score (nSPS) is 14.1. The molecule has 0 aliphatic heterocycles. The van der Waals surface area contributed by atoms with Crippen molar-refractivity contribution < 1.29 is 24.3 Å². The number of amides is 3. The molecular weight excluding hydrogens is 402 g/mol. The maximum Gasteiger partial charge on any atom is 0.326 e. The minimum Gasteiger partial charge on any atom is -0.480 e. The number of carboxylic acids is 1. The van der Waals surface area contributed by atoms with Crippen LogP contribution in [0.15, 0.2) is 30.5 Å². The predicted octanol–water partition coefficient (Wildman–Crippen LogP) is 0.0134. The van der Waals surface area contributed by atoms with E-state index in [2.05, 4.69) is 15.6 Å². The average molecular weight is 431 g/mol. The number of primary amides is 1. The SMILES string of the molecule is CC(C)C(N)C(=O)NC(Cc1c[nH]c2ccccc12)C(=O)NC(CCC(N)=O)C(=O)O. The third-order valence-electron chi connectivity index (χ3n) is 5.05. The second-order valence-corrected chi connectivity index (χ2v) is 7.80. The molecule has 0 aliphatic rings. The zero-order valence-corrected chi connectivity index (χ0v) is 17.6. The van der Waals surface area contributed by atoms with Crippen LogP contribution in [0.5, 0.6) is 0 Å². The van der Waals surface area contributed by atoms with Crippen molar-refractivity contribution in [3.05, 3.63) is 36.0 Å². The Balaban J connectivity index is 2.25. The zero-order chi connectivity index (χ0) is 23.1. The molecule has 3 unspecified atom stereocenters. The van der Waals surface area contributed by atoms with Crippen molar-refractivity contribution >= 4 is 34.6 Å². The Kier molecular flexibility index (Phi) is 8.14. The average Bonchev–Trinajstić information content (AvgIpc) is 3.12. The van der Waals surface area contributed by atoms with Crippen molar-refractivity contribution in [3.8, 4) is 0 Å². The van der Waals surface area contributed by atoms with E-state index in [9.17, 15) is 24.3 Å². The number of fused-ring (bicyclic) bond motifs is 1. The monoisotopic (exact) mass is 431 g/mol. The number of aromatic amines is 1. The summed E-state index contributed by atoms with van der Waals surface area (Å²) in [5.41, 5.74) is 12.6. The van der Waals surface area contributed by atoms with Gasteiger partial charge < -0.3 is 32.2 Å². The quantitative estimate of drug-likeness (QED) is 0.291. The largest absolute Gasteiger partial charge is 0.480 e. The second kappa shape index (κ2) is 10.6. The zero-order valence-electron chi connectivity index (χ0n) is 17.6. The molecule has 0 aliphatic carbocycles. The highest BCUT2D eigenvalue weighted by molar-refractivity contribution is 5.93. The van der Waals surface area contributed by atoms with Gasteiger partial charge in [-0.05, 0) is 24.0 Å². The van der Waals surface area contributed by atoms with Crippen molar-refractivity contribution in [1.29, 1.82) is 0 Å². The molecular formula is C21H29N5O5. The molecule has 0 bridgehead atoms. The van der Waals surface area contributed by atoms with Crippen molar-refractivity contribution in [1.82, 2.24) is 15.6 Å². The second-order valence-electron chi connectivity index (χ2n) is 7.80. The number of hydrogen-bond donors (Lipinski definition) is 6. The molecule has 3 amide bonds. The number of carbonyl (C=O) groups is 4. The van der Waals surface area contributed by atoms with Crippen LogP contribution in [0.2, 0.25) is 0 Å². The van der Waals surface area contributed by atoms with Gasteiger partial charge in [-0.25, -0.2) is 4.79 Å². The lowest BCUT2D eigenvalue weighted by Crippen LogP contribution is -2.56. The fourth-order valence-corrected chi connectivity index (χ4v) is 3.12. The molecule has 2 rings (SSSR count). The van der Waals surface area contributed by atoms with Crippen LogP contribution >= 0.6 is 0 Å². The maximum atomic E-state index is 12.9. The Morgan fingerprint density at radius 3 is 2.32 bits per heavy atom. The minimum absolute atomic E-state index is 0.120. The van der Waals surface area contributed by atoms with Crippen molar-refractivity contribution in [2.75, 3.05) is 0 Å². The number of aliphatic carboxylic acids is 1. The molecule has 0 fully saturated rings. The first kappa shape index (κ1) is 23.9. The number of rotatable bonds is 11. The van der Waals surface area contributed by atoms with Gasteiger partial charge in [0.05, 0.1) is 6.04 Å². The molecule has 1 aromatic heterocycles. The molecule has 1 heterocycles. The molecule has 8 N–H and O–H groups in total. The summed E-state index contributed by atoms with van der Waals surface area (Å²) < 4.78 is 0. The van der Waals surface area contributed by atoms with Crippen molar-refractivity contribution in [2.24, 2.45) is 17.4 Å².